The van der Waals surface area contributed by atoms with E-state index >= 15 is 0 Å². The maximum absolute atomic E-state index is 9.98. The van der Waals surface area contributed by atoms with Crippen molar-refractivity contribution in [3.05, 3.63) is 60.0 Å². The predicted molar refractivity (Wildman–Crippen MR) is 97.0 cm³/mol. The van der Waals surface area contributed by atoms with E-state index in [4.69, 9.17) is 0 Å². The van der Waals surface area contributed by atoms with Crippen LogP contribution in [0.5, 0.6) is 5.75 Å². The second-order valence-corrected chi connectivity index (χ2v) is 7.12. The Morgan fingerprint density at radius 1 is 1.20 bits per heavy atom. The molecule has 1 aliphatic rings. The zero-order valence-corrected chi connectivity index (χ0v) is 14.1. The van der Waals surface area contributed by atoms with E-state index in [1.54, 1.807) is 23.0 Å². The Bertz CT molecular complexity index is 1020. The van der Waals surface area contributed by atoms with Gasteiger partial charge in [0.25, 0.3) is 0 Å². The number of pyridine rings is 1. The Morgan fingerprint density at radius 2 is 2.16 bits per heavy atom. The largest absolute Gasteiger partial charge is 0.508 e. The Hall–Kier alpha value is -2.93. The molecule has 6 nitrogen and oxygen atoms in total. The van der Waals surface area contributed by atoms with Crippen LogP contribution in [0.3, 0.4) is 0 Å². The summed E-state index contributed by atoms with van der Waals surface area (Å²) in [7, 11) is 0. The fourth-order valence-electron chi connectivity index (χ4n) is 3.32. The number of anilines is 1. The lowest BCUT2D eigenvalue weighted by Crippen LogP contribution is -2.19. The number of phenols is 1. The van der Waals surface area contributed by atoms with Gasteiger partial charge in [0, 0.05) is 24.0 Å². The third-order valence-electron chi connectivity index (χ3n) is 4.49. The average molecular weight is 349 g/mol. The number of fused-ring (bicyclic) bond motifs is 2. The van der Waals surface area contributed by atoms with Crippen LogP contribution < -0.4 is 5.32 Å². The minimum absolute atomic E-state index is 0.247. The Labute approximate surface area is 147 Å². The molecule has 0 saturated heterocycles. The topological polar surface area (TPSA) is 75.3 Å². The first-order chi connectivity index (χ1) is 12.3. The molecule has 7 heteroatoms. The van der Waals surface area contributed by atoms with Gasteiger partial charge in [-0.2, -0.15) is 0 Å². The van der Waals surface area contributed by atoms with E-state index in [1.807, 2.05) is 24.4 Å². The maximum Gasteiger partial charge on any atom is 0.214 e. The van der Waals surface area contributed by atoms with E-state index in [2.05, 4.69) is 26.4 Å². The van der Waals surface area contributed by atoms with Gasteiger partial charge < -0.3 is 10.4 Å². The molecule has 5 rings (SSSR count). The molecule has 0 amide bonds. The molecule has 0 spiro atoms. The first-order valence-corrected chi connectivity index (χ1v) is 8.91. The number of rotatable bonds is 3. The minimum Gasteiger partial charge on any atom is -0.508 e. The quantitative estimate of drug-likeness (QED) is 0.594. The van der Waals surface area contributed by atoms with Crippen molar-refractivity contribution in [3.8, 4) is 17.0 Å². The van der Waals surface area contributed by atoms with Gasteiger partial charge in [0.2, 0.25) is 10.1 Å². The summed E-state index contributed by atoms with van der Waals surface area (Å²) < 4.78 is 1.80. The Kier molecular flexibility index (Phi) is 3.21. The van der Waals surface area contributed by atoms with Crippen molar-refractivity contribution in [2.24, 2.45) is 0 Å². The molecule has 0 fully saturated rings. The summed E-state index contributed by atoms with van der Waals surface area (Å²) in [6, 6.07) is 9.85. The number of hydrogen-bond acceptors (Lipinski definition) is 6. The van der Waals surface area contributed by atoms with Gasteiger partial charge in [-0.15, -0.1) is 5.10 Å². The summed E-state index contributed by atoms with van der Waals surface area (Å²) in [5.74, 6) is 0.386. The number of hydrogen-bond donors (Lipinski definition) is 2. The summed E-state index contributed by atoms with van der Waals surface area (Å²) in [6.45, 7) is 0. The summed E-state index contributed by atoms with van der Waals surface area (Å²) in [6.07, 6.45) is 7.17. The molecule has 0 saturated carbocycles. The molecule has 25 heavy (non-hydrogen) atoms. The molecule has 2 N–H and O–H groups in total. The maximum atomic E-state index is 9.98. The third kappa shape index (κ3) is 2.53. The van der Waals surface area contributed by atoms with E-state index in [0.29, 0.717) is 5.75 Å². The van der Waals surface area contributed by atoms with Crippen LogP contribution in [0.25, 0.3) is 16.2 Å². The van der Waals surface area contributed by atoms with Crippen molar-refractivity contribution in [2.45, 2.75) is 18.9 Å². The van der Waals surface area contributed by atoms with E-state index in [9.17, 15) is 5.11 Å². The van der Waals surface area contributed by atoms with Crippen LogP contribution in [-0.4, -0.2) is 30.7 Å². The minimum atomic E-state index is 0.247. The van der Waals surface area contributed by atoms with E-state index in [1.165, 1.54) is 16.9 Å². The van der Waals surface area contributed by atoms with Crippen molar-refractivity contribution >= 4 is 21.4 Å². The molecular weight excluding hydrogens is 334 g/mol. The standard InChI is InChI=1S/C18H15N5OS/c24-16-5-1-3-11-7-13(8-14(11)16)20-17-22-23-10-15(21-18(23)25-17)12-4-2-6-19-9-12/h1-6,9-10,13,24H,7-8H2,(H,20,22). The lowest BCUT2D eigenvalue weighted by molar-refractivity contribution is 0.468. The van der Waals surface area contributed by atoms with Gasteiger partial charge in [-0.3, -0.25) is 4.98 Å². The van der Waals surface area contributed by atoms with Gasteiger partial charge in [0.1, 0.15) is 5.75 Å². The average Bonchev–Trinajstić information content (AvgIpc) is 3.29. The lowest BCUT2D eigenvalue weighted by Gasteiger charge is -2.09. The summed E-state index contributed by atoms with van der Waals surface area (Å²) in [4.78, 5) is 9.61. The van der Waals surface area contributed by atoms with Crippen molar-refractivity contribution in [2.75, 3.05) is 5.32 Å². The number of aromatic nitrogens is 4. The number of benzene rings is 1. The molecule has 3 aromatic heterocycles. The number of aromatic hydroxyl groups is 1. The molecule has 4 aromatic rings. The zero-order chi connectivity index (χ0) is 16.8. The van der Waals surface area contributed by atoms with Crippen LogP contribution in [0.4, 0.5) is 5.13 Å². The van der Waals surface area contributed by atoms with Crippen LogP contribution in [0, 0.1) is 0 Å². The van der Waals surface area contributed by atoms with Crippen LogP contribution in [0.1, 0.15) is 11.1 Å². The number of phenolic OH excluding ortho intramolecular Hbond substituents is 1. The molecule has 124 valence electrons. The molecule has 0 aliphatic heterocycles. The van der Waals surface area contributed by atoms with Crippen LogP contribution in [0.15, 0.2) is 48.9 Å². The second kappa shape index (κ2) is 5.56. The van der Waals surface area contributed by atoms with Crippen LogP contribution in [-0.2, 0) is 12.8 Å². The van der Waals surface area contributed by atoms with Crippen molar-refractivity contribution in [1.29, 1.82) is 0 Å². The first kappa shape index (κ1) is 14.4. The first-order valence-electron chi connectivity index (χ1n) is 8.09. The number of nitrogens with one attached hydrogen (secondary N) is 1. The van der Waals surface area contributed by atoms with Crippen molar-refractivity contribution in [3.63, 3.8) is 0 Å². The third-order valence-corrected chi connectivity index (χ3v) is 5.35. The highest BCUT2D eigenvalue weighted by molar-refractivity contribution is 7.20. The number of nitrogens with zero attached hydrogens (tertiary/aromatic N) is 4. The monoisotopic (exact) mass is 349 g/mol. The summed E-state index contributed by atoms with van der Waals surface area (Å²) in [5.41, 5.74) is 4.10. The molecule has 1 aliphatic carbocycles. The predicted octanol–water partition coefficient (Wildman–Crippen LogP) is 3.14. The highest BCUT2D eigenvalue weighted by atomic mass is 32.1. The Balaban J connectivity index is 1.37. The van der Waals surface area contributed by atoms with Gasteiger partial charge in [0.15, 0.2) is 0 Å². The molecule has 1 atom stereocenters. The summed E-state index contributed by atoms with van der Waals surface area (Å²) in [5, 5.41) is 18.9. The zero-order valence-electron chi connectivity index (χ0n) is 13.3. The fourth-order valence-corrected chi connectivity index (χ4v) is 4.18. The van der Waals surface area contributed by atoms with Gasteiger partial charge in [0.05, 0.1) is 11.9 Å². The fraction of sp³-hybridized carbons (Fsp3) is 0.167. The molecule has 1 aromatic carbocycles. The molecule has 3 heterocycles. The van der Waals surface area contributed by atoms with Gasteiger partial charge in [-0.05, 0) is 42.2 Å². The highest BCUT2D eigenvalue weighted by Crippen LogP contribution is 2.32. The lowest BCUT2D eigenvalue weighted by atomic mass is 10.1. The normalized spacial score (nSPS) is 16.2. The van der Waals surface area contributed by atoms with E-state index in [-0.39, 0.29) is 6.04 Å². The molecule has 0 radical (unpaired) electrons. The Morgan fingerprint density at radius 3 is 2.96 bits per heavy atom. The number of imidazole rings is 1. The van der Waals surface area contributed by atoms with Crippen molar-refractivity contribution < 1.29 is 5.11 Å². The van der Waals surface area contributed by atoms with Crippen LogP contribution >= 0.6 is 11.3 Å². The van der Waals surface area contributed by atoms with Crippen molar-refractivity contribution in [1.82, 2.24) is 19.6 Å². The molecular formula is C18H15N5OS. The SMILES string of the molecule is Oc1cccc2c1CC(Nc1nn3cc(-c4cccnc4)nc3s1)C2. The van der Waals surface area contributed by atoms with E-state index in [0.717, 1.165) is 39.8 Å². The molecule has 1 unspecified atom stereocenters. The van der Waals surface area contributed by atoms with Crippen LogP contribution in [0.2, 0.25) is 0 Å². The molecule has 0 bridgehead atoms. The summed E-state index contributed by atoms with van der Waals surface area (Å²) >= 11 is 1.53. The second-order valence-electron chi connectivity index (χ2n) is 6.17. The van der Waals surface area contributed by atoms with Gasteiger partial charge in [-0.1, -0.05) is 23.5 Å². The van der Waals surface area contributed by atoms with Gasteiger partial charge >= 0.3 is 0 Å². The van der Waals surface area contributed by atoms with Gasteiger partial charge in [-0.25, -0.2) is 9.50 Å². The smallest absolute Gasteiger partial charge is 0.214 e. The van der Waals surface area contributed by atoms with E-state index < -0.39 is 0 Å². The highest BCUT2D eigenvalue weighted by Gasteiger charge is 2.24.